The van der Waals surface area contributed by atoms with Crippen LogP contribution in [0.15, 0.2) is 24.3 Å². The van der Waals surface area contributed by atoms with Crippen LogP contribution in [-0.4, -0.2) is 71.8 Å². The summed E-state index contributed by atoms with van der Waals surface area (Å²) in [5.41, 5.74) is 2.62. The molecule has 2 aliphatic heterocycles. The van der Waals surface area contributed by atoms with Gasteiger partial charge < -0.3 is 9.80 Å². The highest BCUT2D eigenvalue weighted by Gasteiger charge is 2.47. The highest BCUT2D eigenvalue weighted by Crippen LogP contribution is 2.57. The van der Waals surface area contributed by atoms with Crippen molar-refractivity contribution in [2.75, 3.05) is 39.3 Å². The van der Waals surface area contributed by atoms with E-state index in [0.717, 1.165) is 57.7 Å². The lowest BCUT2D eigenvalue weighted by molar-refractivity contribution is -0.145. The van der Waals surface area contributed by atoms with E-state index in [1.807, 2.05) is 36.1 Å². The molecule has 0 radical (unpaired) electrons. The van der Waals surface area contributed by atoms with Crippen LogP contribution in [0.1, 0.15) is 54.4 Å². The molecule has 4 fully saturated rings. The minimum absolute atomic E-state index is 0.140. The number of rotatable bonds is 3. The molecule has 0 atom stereocenters. The van der Waals surface area contributed by atoms with Crippen molar-refractivity contribution in [1.29, 1.82) is 0 Å². The molecule has 1 aromatic carbocycles. The van der Waals surface area contributed by atoms with Crippen molar-refractivity contribution < 1.29 is 9.59 Å². The summed E-state index contributed by atoms with van der Waals surface area (Å²) in [6.07, 6.45) is 7.57. The van der Waals surface area contributed by atoms with Crippen molar-refractivity contribution in [3.63, 3.8) is 0 Å². The molecule has 5 heteroatoms. The summed E-state index contributed by atoms with van der Waals surface area (Å²) in [5, 5.41) is 0. The van der Waals surface area contributed by atoms with E-state index in [-0.39, 0.29) is 11.8 Å². The molecule has 2 aliphatic carbocycles. The van der Waals surface area contributed by atoms with Crippen LogP contribution in [0, 0.1) is 18.3 Å². The summed E-state index contributed by atoms with van der Waals surface area (Å²) in [7, 11) is 0. The fourth-order valence-corrected chi connectivity index (χ4v) is 5.45. The predicted molar refractivity (Wildman–Crippen MR) is 113 cm³/mol. The van der Waals surface area contributed by atoms with E-state index >= 15 is 0 Å². The average Bonchev–Trinajstić information content (AvgIpc) is 3.47. The maximum Gasteiger partial charge on any atom is 0.253 e. The summed E-state index contributed by atoms with van der Waals surface area (Å²) < 4.78 is 0. The third-order valence-electron chi connectivity index (χ3n) is 7.94. The van der Waals surface area contributed by atoms with Crippen molar-refractivity contribution in [1.82, 2.24) is 14.7 Å². The summed E-state index contributed by atoms with van der Waals surface area (Å²) in [6.45, 7) is 7.19. The van der Waals surface area contributed by atoms with E-state index in [4.69, 9.17) is 0 Å². The van der Waals surface area contributed by atoms with Gasteiger partial charge in [-0.3, -0.25) is 14.5 Å². The monoisotopic (exact) mass is 395 g/mol. The lowest BCUT2D eigenvalue weighted by Crippen LogP contribution is -2.65. The van der Waals surface area contributed by atoms with Gasteiger partial charge in [-0.15, -0.1) is 0 Å². The first-order chi connectivity index (χ1) is 14.0. The first-order valence-electron chi connectivity index (χ1n) is 11.4. The average molecular weight is 396 g/mol. The highest BCUT2D eigenvalue weighted by molar-refractivity contribution is 5.94. The number of carbonyl (C=O) groups excluding carboxylic acids is 2. The van der Waals surface area contributed by atoms with Crippen LogP contribution in [0.3, 0.4) is 0 Å². The molecule has 4 aliphatic rings. The Labute approximate surface area is 174 Å². The molecule has 5 rings (SSSR count). The maximum absolute atomic E-state index is 12.8. The summed E-state index contributed by atoms with van der Waals surface area (Å²) in [4.78, 5) is 32.0. The molecular weight excluding hydrogens is 362 g/mol. The molecule has 0 aromatic heterocycles. The Hall–Kier alpha value is -1.88. The minimum atomic E-state index is 0.140. The molecule has 1 spiro atoms. The van der Waals surface area contributed by atoms with Gasteiger partial charge in [0.1, 0.15) is 0 Å². The number of amides is 2. The molecule has 2 saturated carbocycles. The molecule has 0 N–H and O–H groups in total. The second-order valence-corrected chi connectivity index (χ2v) is 9.87. The SMILES string of the molecule is Cc1ccc(C(=O)N2CCN(C3CN(C(=O)C4CCC5(CC4)CC5)C3)CC2)cc1. The smallest absolute Gasteiger partial charge is 0.253 e. The van der Waals surface area contributed by atoms with E-state index in [1.165, 1.54) is 31.2 Å². The first kappa shape index (κ1) is 19.1. The van der Waals surface area contributed by atoms with E-state index in [0.29, 0.717) is 17.4 Å². The van der Waals surface area contributed by atoms with Gasteiger partial charge in [-0.1, -0.05) is 17.7 Å². The third-order valence-corrected chi connectivity index (χ3v) is 7.94. The van der Waals surface area contributed by atoms with Crippen LogP contribution in [0.4, 0.5) is 0 Å². The largest absolute Gasteiger partial charge is 0.339 e. The number of hydrogen-bond donors (Lipinski definition) is 0. The Morgan fingerprint density at radius 2 is 1.48 bits per heavy atom. The Bertz CT molecular complexity index is 762. The normalized spacial score (nSPS) is 25.1. The quantitative estimate of drug-likeness (QED) is 0.790. The lowest BCUT2D eigenvalue weighted by Gasteiger charge is -2.49. The zero-order valence-electron chi connectivity index (χ0n) is 17.6. The van der Waals surface area contributed by atoms with Crippen molar-refractivity contribution in [3.05, 3.63) is 35.4 Å². The number of aryl methyl sites for hydroxylation is 1. The Morgan fingerprint density at radius 3 is 2.07 bits per heavy atom. The van der Waals surface area contributed by atoms with Gasteiger partial charge >= 0.3 is 0 Å². The molecule has 2 amide bonds. The molecule has 29 heavy (non-hydrogen) atoms. The van der Waals surface area contributed by atoms with Gasteiger partial charge in [0.05, 0.1) is 0 Å². The first-order valence-corrected chi connectivity index (χ1v) is 11.4. The van der Waals surface area contributed by atoms with Gasteiger partial charge in [-0.05, 0) is 63.0 Å². The third kappa shape index (κ3) is 3.81. The number of carbonyl (C=O) groups is 2. The van der Waals surface area contributed by atoms with Crippen LogP contribution >= 0.6 is 0 Å². The van der Waals surface area contributed by atoms with Gasteiger partial charge in [0.2, 0.25) is 5.91 Å². The Kier molecular flexibility index (Phi) is 4.89. The second kappa shape index (κ2) is 7.42. The van der Waals surface area contributed by atoms with Crippen molar-refractivity contribution in [2.24, 2.45) is 11.3 Å². The van der Waals surface area contributed by atoms with Gasteiger partial charge in [0.25, 0.3) is 5.91 Å². The Balaban J connectivity index is 1.06. The maximum atomic E-state index is 12.8. The van der Waals surface area contributed by atoms with Crippen LogP contribution in [0.25, 0.3) is 0 Å². The fourth-order valence-electron chi connectivity index (χ4n) is 5.45. The summed E-state index contributed by atoms with van der Waals surface area (Å²) >= 11 is 0. The molecule has 2 saturated heterocycles. The number of likely N-dealkylation sites (tertiary alicyclic amines) is 1. The van der Waals surface area contributed by atoms with Crippen molar-refractivity contribution in [3.8, 4) is 0 Å². The van der Waals surface area contributed by atoms with Crippen molar-refractivity contribution >= 4 is 11.8 Å². The van der Waals surface area contributed by atoms with Crippen molar-refractivity contribution in [2.45, 2.75) is 51.5 Å². The van der Waals surface area contributed by atoms with Gasteiger partial charge in [0, 0.05) is 56.8 Å². The lowest BCUT2D eigenvalue weighted by atomic mass is 9.79. The number of nitrogens with zero attached hydrogens (tertiary/aromatic N) is 3. The second-order valence-electron chi connectivity index (χ2n) is 9.87. The fraction of sp³-hybridized carbons (Fsp3) is 0.667. The molecule has 1 aromatic rings. The minimum Gasteiger partial charge on any atom is -0.339 e. The van der Waals surface area contributed by atoms with E-state index in [2.05, 4.69) is 9.80 Å². The van der Waals surface area contributed by atoms with E-state index in [9.17, 15) is 9.59 Å². The molecule has 5 nitrogen and oxygen atoms in total. The van der Waals surface area contributed by atoms with Gasteiger partial charge in [-0.2, -0.15) is 0 Å². The number of piperazine rings is 1. The number of hydrogen-bond acceptors (Lipinski definition) is 3. The predicted octanol–water partition coefficient (Wildman–Crippen LogP) is 2.93. The van der Waals surface area contributed by atoms with E-state index in [1.54, 1.807) is 0 Å². The summed E-state index contributed by atoms with van der Waals surface area (Å²) in [6, 6.07) is 8.33. The molecule has 2 heterocycles. The topological polar surface area (TPSA) is 43.9 Å². The van der Waals surface area contributed by atoms with Crippen LogP contribution < -0.4 is 0 Å². The summed E-state index contributed by atoms with van der Waals surface area (Å²) in [5.74, 6) is 0.830. The standard InChI is InChI=1S/C24H33N3O2/c1-18-2-4-19(5-3-18)22(28)26-14-12-25(13-15-26)21-16-27(17-21)23(29)20-6-8-24(9-7-20)10-11-24/h2-5,20-21H,6-17H2,1H3. The van der Waals surface area contributed by atoms with E-state index < -0.39 is 0 Å². The van der Waals surface area contributed by atoms with Gasteiger partial charge in [-0.25, -0.2) is 0 Å². The van der Waals surface area contributed by atoms with Crippen LogP contribution in [0.5, 0.6) is 0 Å². The zero-order valence-corrected chi connectivity index (χ0v) is 17.6. The Morgan fingerprint density at radius 1 is 0.862 bits per heavy atom. The molecule has 156 valence electrons. The molecule has 0 unspecified atom stereocenters. The van der Waals surface area contributed by atoms with Gasteiger partial charge in [0.15, 0.2) is 0 Å². The van der Waals surface area contributed by atoms with Crippen LogP contribution in [-0.2, 0) is 4.79 Å². The molecule has 0 bridgehead atoms. The highest BCUT2D eigenvalue weighted by atomic mass is 16.2. The van der Waals surface area contributed by atoms with Crippen LogP contribution in [0.2, 0.25) is 0 Å². The molecular formula is C24H33N3O2. The zero-order chi connectivity index (χ0) is 20.0. The number of benzene rings is 1.